The van der Waals surface area contributed by atoms with Crippen molar-refractivity contribution in [2.75, 3.05) is 39.5 Å². The molecule has 0 radical (unpaired) electrons. The van der Waals surface area contributed by atoms with Crippen LogP contribution in [0.15, 0.2) is 4.52 Å². The van der Waals surface area contributed by atoms with E-state index in [1.54, 1.807) is 0 Å². The Labute approximate surface area is 137 Å². The summed E-state index contributed by atoms with van der Waals surface area (Å²) in [4.78, 5) is 18.3. The maximum absolute atomic E-state index is 11.7. The average molecular weight is 325 g/mol. The first-order valence-corrected chi connectivity index (χ1v) is 8.55. The monoisotopic (exact) mass is 325 g/mol. The molecule has 0 spiro atoms. The SMILES string of the molecule is CCCc1noc(CCCC(=O)OCCCN2CCOCC2)n1. The van der Waals surface area contributed by atoms with E-state index in [9.17, 15) is 4.79 Å². The number of carbonyl (C=O) groups is 1. The van der Waals surface area contributed by atoms with Crippen molar-refractivity contribution in [1.82, 2.24) is 15.0 Å². The van der Waals surface area contributed by atoms with E-state index in [4.69, 9.17) is 14.0 Å². The Hall–Kier alpha value is -1.47. The molecule has 0 saturated carbocycles. The van der Waals surface area contributed by atoms with Gasteiger partial charge in [-0.3, -0.25) is 9.69 Å². The minimum Gasteiger partial charge on any atom is -0.466 e. The third-order valence-electron chi connectivity index (χ3n) is 3.74. The van der Waals surface area contributed by atoms with Gasteiger partial charge in [-0.1, -0.05) is 12.1 Å². The van der Waals surface area contributed by atoms with Gasteiger partial charge in [0.1, 0.15) is 0 Å². The van der Waals surface area contributed by atoms with E-state index >= 15 is 0 Å². The number of nitrogens with zero attached hydrogens (tertiary/aromatic N) is 3. The van der Waals surface area contributed by atoms with E-state index in [-0.39, 0.29) is 5.97 Å². The van der Waals surface area contributed by atoms with Gasteiger partial charge in [0.05, 0.1) is 19.8 Å². The van der Waals surface area contributed by atoms with Crippen LogP contribution in [0.5, 0.6) is 0 Å². The van der Waals surface area contributed by atoms with Gasteiger partial charge in [0.15, 0.2) is 5.82 Å². The summed E-state index contributed by atoms with van der Waals surface area (Å²) in [6.45, 7) is 7.06. The van der Waals surface area contributed by atoms with Crippen molar-refractivity contribution in [3.8, 4) is 0 Å². The van der Waals surface area contributed by atoms with Gasteiger partial charge in [-0.25, -0.2) is 0 Å². The Morgan fingerprint density at radius 2 is 2.09 bits per heavy atom. The molecule has 0 amide bonds. The number of aryl methyl sites for hydroxylation is 2. The number of rotatable bonds is 10. The lowest BCUT2D eigenvalue weighted by Crippen LogP contribution is -2.37. The summed E-state index contributed by atoms with van der Waals surface area (Å²) in [5, 5.41) is 3.89. The predicted molar refractivity (Wildman–Crippen MR) is 84.1 cm³/mol. The highest BCUT2D eigenvalue weighted by molar-refractivity contribution is 5.69. The second-order valence-electron chi connectivity index (χ2n) is 5.74. The Kier molecular flexibility index (Phi) is 8.03. The highest BCUT2D eigenvalue weighted by Gasteiger charge is 2.11. The van der Waals surface area contributed by atoms with Gasteiger partial charge in [0.25, 0.3) is 0 Å². The molecule has 1 aromatic heterocycles. The highest BCUT2D eigenvalue weighted by Crippen LogP contribution is 2.06. The van der Waals surface area contributed by atoms with E-state index < -0.39 is 0 Å². The first-order chi connectivity index (χ1) is 11.3. The number of hydrogen-bond donors (Lipinski definition) is 0. The second kappa shape index (κ2) is 10.3. The number of ether oxygens (including phenoxy) is 2. The highest BCUT2D eigenvalue weighted by atomic mass is 16.5. The molecule has 1 fully saturated rings. The van der Waals surface area contributed by atoms with Crippen molar-refractivity contribution in [3.63, 3.8) is 0 Å². The van der Waals surface area contributed by atoms with Crippen molar-refractivity contribution < 1.29 is 18.8 Å². The summed E-state index contributed by atoms with van der Waals surface area (Å²) in [6, 6.07) is 0. The van der Waals surface area contributed by atoms with Crippen LogP contribution in [0.25, 0.3) is 0 Å². The van der Waals surface area contributed by atoms with Gasteiger partial charge >= 0.3 is 5.97 Å². The molecule has 1 aliphatic heterocycles. The Morgan fingerprint density at radius 3 is 2.87 bits per heavy atom. The summed E-state index contributed by atoms with van der Waals surface area (Å²) < 4.78 is 15.7. The lowest BCUT2D eigenvalue weighted by molar-refractivity contribution is -0.144. The molecular weight excluding hydrogens is 298 g/mol. The average Bonchev–Trinajstić information content (AvgIpc) is 3.00. The van der Waals surface area contributed by atoms with Crippen LogP contribution in [0.1, 0.15) is 44.3 Å². The molecule has 1 aromatic rings. The standard InChI is InChI=1S/C16H27N3O4/c1-2-5-14-17-15(23-18-14)6-3-7-16(20)22-11-4-8-19-9-12-21-13-10-19/h2-13H2,1H3. The minimum absolute atomic E-state index is 0.153. The number of aromatic nitrogens is 2. The molecule has 7 nitrogen and oxygen atoms in total. The van der Waals surface area contributed by atoms with Gasteiger partial charge in [0, 0.05) is 38.9 Å². The predicted octanol–water partition coefficient (Wildman–Crippen LogP) is 1.61. The van der Waals surface area contributed by atoms with E-state index in [1.807, 2.05) is 0 Å². The quantitative estimate of drug-likeness (QED) is 0.478. The topological polar surface area (TPSA) is 77.7 Å². The fraction of sp³-hybridized carbons (Fsp3) is 0.812. The number of morpholine rings is 1. The maximum atomic E-state index is 11.7. The van der Waals surface area contributed by atoms with Gasteiger partial charge in [-0.2, -0.15) is 4.98 Å². The molecule has 23 heavy (non-hydrogen) atoms. The van der Waals surface area contributed by atoms with Gasteiger partial charge in [-0.15, -0.1) is 0 Å². The van der Waals surface area contributed by atoms with Crippen LogP contribution in [0.2, 0.25) is 0 Å². The van der Waals surface area contributed by atoms with E-state index in [2.05, 4.69) is 22.0 Å². The van der Waals surface area contributed by atoms with E-state index in [1.165, 1.54) is 0 Å². The summed E-state index contributed by atoms with van der Waals surface area (Å²) in [6.07, 6.45) is 4.39. The second-order valence-corrected chi connectivity index (χ2v) is 5.74. The third kappa shape index (κ3) is 7.09. The molecule has 2 heterocycles. The minimum atomic E-state index is -0.153. The molecule has 1 aliphatic rings. The van der Waals surface area contributed by atoms with Crippen LogP contribution >= 0.6 is 0 Å². The Morgan fingerprint density at radius 1 is 1.26 bits per heavy atom. The largest absolute Gasteiger partial charge is 0.466 e. The van der Waals surface area contributed by atoms with Crippen molar-refractivity contribution in [1.29, 1.82) is 0 Å². The summed E-state index contributed by atoms with van der Waals surface area (Å²) in [5.41, 5.74) is 0. The molecule has 0 unspecified atom stereocenters. The van der Waals surface area contributed by atoms with Crippen LogP contribution in [0, 0.1) is 0 Å². The van der Waals surface area contributed by atoms with Crippen LogP contribution in [-0.2, 0) is 27.1 Å². The molecule has 0 bridgehead atoms. The van der Waals surface area contributed by atoms with Gasteiger partial charge in [0.2, 0.25) is 5.89 Å². The molecule has 0 N–H and O–H groups in total. The molecule has 1 saturated heterocycles. The van der Waals surface area contributed by atoms with Crippen molar-refractivity contribution in [2.45, 2.75) is 45.4 Å². The Balaban J connectivity index is 1.49. The van der Waals surface area contributed by atoms with Gasteiger partial charge < -0.3 is 14.0 Å². The summed E-state index contributed by atoms with van der Waals surface area (Å²) in [5.74, 6) is 1.20. The fourth-order valence-electron chi connectivity index (χ4n) is 2.47. The van der Waals surface area contributed by atoms with E-state index in [0.29, 0.717) is 31.8 Å². The van der Waals surface area contributed by atoms with Crippen LogP contribution < -0.4 is 0 Å². The zero-order valence-electron chi connectivity index (χ0n) is 14.0. The smallest absolute Gasteiger partial charge is 0.305 e. The van der Waals surface area contributed by atoms with Crippen LogP contribution in [-0.4, -0.2) is 60.5 Å². The fourth-order valence-corrected chi connectivity index (χ4v) is 2.47. The van der Waals surface area contributed by atoms with Crippen LogP contribution in [0.3, 0.4) is 0 Å². The summed E-state index contributed by atoms with van der Waals surface area (Å²) in [7, 11) is 0. The third-order valence-corrected chi connectivity index (χ3v) is 3.74. The number of hydrogen-bond acceptors (Lipinski definition) is 7. The molecule has 2 rings (SSSR count). The molecule has 130 valence electrons. The zero-order valence-corrected chi connectivity index (χ0v) is 14.0. The number of carbonyl (C=O) groups excluding carboxylic acids is 1. The maximum Gasteiger partial charge on any atom is 0.305 e. The Bertz CT molecular complexity index is 458. The zero-order chi connectivity index (χ0) is 16.3. The molecule has 0 atom stereocenters. The number of esters is 1. The molecular formula is C16H27N3O4. The van der Waals surface area contributed by atoms with Crippen LogP contribution in [0.4, 0.5) is 0 Å². The first-order valence-electron chi connectivity index (χ1n) is 8.55. The van der Waals surface area contributed by atoms with Crippen molar-refractivity contribution >= 4 is 5.97 Å². The first kappa shape index (κ1) is 17.9. The van der Waals surface area contributed by atoms with Gasteiger partial charge in [-0.05, 0) is 19.3 Å². The lowest BCUT2D eigenvalue weighted by atomic mass is 10.2. The van der Waals surface area contributed by atoms with Crippen molar-refractivity contribution in [2.24, 2.45) is 0 Å². The normalized spacial score (nSPS) is 15.7. The molecule has 7 heteroatoms. The molecule has 0 aromatic carbocycles. The molecule has 0 aliphatic carbocycles. The lowest BCUT2D eigenvalue weighted by Gasteiger charge is -2.26. The van der Waals surface area contributed by atoms with Crippen molar-refractivity contribution in [3.05, 3.63) is 11.7 Å². The van der Waals surface area contributed by atoms with E-state index in [0.717, 1.165) is 57.9 Å². The summed E-state index contributed by atoms with van der Waals surface area (Å²) >= 11 is 0.